The van der Waals surface area contributed by atoms with Gasteiger partial charge in [-0.1, -0.05) is 29.8 Å². The van der Waals surface area contributed by atoms with Crippen LogP contribution < -0.4 is 0 Å². The molecular weight excluding hydrogens is 320 g/mol. The highest BCUT2D eigenvalue weighted by molar-refractivity contribution is 7.89. The summed E-state index contributed by atoms with van der Waals surface area (Å²) in [5.41, 5.74) is 0.320. The molecule has 112 valence electrons. The Morgan fingerprint density at radius 3 is 2.33 bits per heavy atom. The third-order valence-corrected chi connectivity index (χ3v) is 5.25. The summed E-state index contributed by atoms with van der Waals surface area (Å²) < 4.78 is 52.0. The van der Waals surface area contributed by atoms with E-state index in [1.807, 2.05) is 0 Å². The van der Waals surface area contributed by atoms with Crippen LogP contribution >= 0.6 is 11.6 Å². The molecular formula is C14H12ClF2NO2S. The summed E-state index contributed by atoms with van der Waals surface area (Å²) in [5, 5.41) is -0.0511. The Kier molecular flexibility index (Phi) is 4.32. The van der Waals surface area contributed by atoms with Crippen LogP contribution in [0.2, 0.25) is 5.02 Å². The lowest BCUT2D eigenvalue weighted by atomic mass is 10.1. The second-order valence-corrected chi connectivity index (χ2v) is 7.06. The van der Waals surface area contributed by atoms with E-state index in [9.17, 15) is 17.2 Å². The standard InChI is InChI=1S/C14H12ClF2NO2S/c1-18(2)21(19,20)13-7-6-9(8-11(13)15)10-4-3-5-12(16)14(10)17/h3-8H,1-2H3. The average Bonchev–Trinajstić information content (AvgIpc) is 2.41. The fraction of sp³-hybridized carbons (Fsp3) is 0.143. The van der Waals surface area contributed by atoms with E-state index in [2.05, 4.69) is 0 Å². The highest BCUT2D eigenvalue weighted by Crippen LogP contribution is 2.31. The maximum absolute atomic E-state index is 13.7. The summed E-state index contributed by atoms with van der Waals surface area (Å²) in [4.78, 5) is -0.0882. The molecule has 3 nitrogen and oxygen atoms in total. The van der Waals surface area contributed by atoms with Crippen molar-refractivity contribution >= 4 is 21.6 Å². The Morgan fingerprint density at radius 2 is 1.76 bits per heavy atom. The molecule has 2 rings (SSSR count). The summed E-state index contributed by atoms with van der Waals surface area (Å²) in [6, 6.07) is 7.73. The molecule has 0 amide bonds. The molecule has 0 aliphatic carbocycles. The van der Waals surface area contributed by atoms with Crippen LogP contribution in [-0.4, -0.2) is 26.8 Å². The van der Waals surface area contributed by atoms with Crippen molar-refractivity contribution in [2.75, 3.05) is 14.1 Å². The second-order valence-electron chi connectivity index (χ2n) is 4.53. The summed E-state index contributed by atoms with van der Waals surface area (Å²) in [7, 11) is -0.930. The molecule has 0 fully saturated rings. The van der Waals surface area contributed by atoms with E-state index in [1.54, 1.807) is 0 Å². The Balaban J connectivity index is 2.57. The molecule has 0 atom stereocenters. The van der Waals surface area contributed by atoms with Crippen LogP contribution in [0.3, 0.4) is 0 Å². The van der Waals surface area contributed by atoms with Crippen molar-refractivity contribution in [3.63, 3.8) is 0 Å². The predicted molar refractivity (Wildman–Crippen MR) is 77.7 cm³/mol. The van der Waals surface area contributed by atoms with Crippen molar-refractivity contribution in [3.05, 3.63) is 53.1 Å². The van der Waals surface area contributed by atoms with Crippen LogP contribution in [0.1, 0.15) is 0 Å². The predicted octanol–water partition coefficient (Wildman–Crippen LogP) is 3.54. The van der Waals surface area contributed by atoms with E-state index in [1.165, 1.54) is 44.4 Å². The summed E-state index contributed by atoms with van der Waals surface area (Å²) >= 11 is 5.98. The first kappa shape index (κ1) is 15.9. The lowest BCUT2D eigenvalue weighted by Crippen LogP contribution is -2.22. The zero-order chi connectivity index (χ0) is 15.8. The van der Waals surface area contributed by atoms with Gasteiger partial charge in [-0.15, -0.1) is 0 Å². The minimum absolute atomic E-state index is 0.0192. The van der Waals surface area contributed by atoms with Gasteiger partial charge < -0.3 is 0 Å². The molecule has 2 aromatic rings. The van der Waals surface area contributed by atoms with Gasteiger partial charge in [0.1, 0.15) is 4.90 Å². The maximum atomic E-state index is 13.7. The Labute approximate surface area is 126 Å². The Hall–Kier alpha value is -1.50. The van der Waals surface area contributed by atoms with Crippen molar-refractivity contribution in [3.8, 4) is 11.1 Å². The van der Waals surface area contributed by atoms with Crippen LogP contribution in [0.5, 0.6) is 0 Å². The summed E-state index contributed by atoms with van der Waals surface area (Å²) in [6.45, 7) is 0. The molecule has 0 heterocycles. The molecule has 2 aromatic carbocycles. The van der Waals surface area contributed by atoms with E-state index < -0.39 is 21.7 Å². The summed E-state index contributed by atoms with van der Waals surface area (Å²) in [5.74, 6) is -1.98. The quantitative estimate of drug-likeness (QED) is 0.862. The molecule has 0 bridgehead atoms. The van der Waals surface area contributed by atoms with Crippen molar-refractivity contribution in [1.82, 2.24) is 4.31 Å². The molecule has 0 aliphatic rings. The molecule has 0 aromatic heterocycles. The van der Waals surface area contributed by atoms with Gasteiger partial charge in [0.2, 0.25) is 10.0 Å². The number of hydrogen-bond donors (Lipinski definition) is 0. The van der Waals surface area contributed by atoms with E-state index in [0.29, 0.717) is 5.56 Å². The minimum atomic E-state index is -3.69. The molecule has 0 N–H and O–H groups in total. The molecule has 0 spiro atoms. The van der Waals surface area contributed by atoms with Crippen molar-refractivity contribution < 1.29 is 17.2 Å². The minimum Gasteiger partial charge on any atom is -0.207 e. The molecule has 0 aliphatic heterocycles. The van der Waals surface area contributed by atoms with E-state index in [0.717, 1.165) is 10.4 Å². The number of sulfonamides is 1. The maximum Gasteiger partial charge on any atom is 0.244 e. The Morgan fingerprint density at radius 1 is 1.10 bits per heavy atom. The number of rotatable bonds is 3. The Bertz CT molecular complexity index is 792. The smallest absolute Gasteiger partial charge is 0.207 e. The number of benzene rings is 2. The van der Waals surface area contributed by atoms with Crippen LogP contribution in [0.4, 0.5) is 8.78 Å². The third-order valence-electron chi connectivity index (χ3n) is 2.95. The fourth-order valence-electron chi connectivity index (χ4n) is 1.80. The molecule has 0 unspecified atom stereocenters. The number of nitrogens with zero attached hydrogens (tertiary/aromatic N) is 1. The van der Waals surface area contributed by atoms with Gasteiger partial charge in [0.25, 0.3) is 0 Å². The van der Waals surface area contributed by atoms with Crippen LogP contribution in [0, 0.1) is 11.6 Å². The van der Waals surface area contributed by atoms with Gasteiger partial charge in [-0.05, 0) is 23.8 Å². The lowest BCUT2D eigenvalue weighted by Gasteiger charge is -2.13. The second kappa shape index (κ2) is 5.71. The molecule has 0 radical (unpaired) electrons. The normalized spacial score (nSPS) is 11.9. The molecule has 7 heteroatoms. The van der Waals surface area contributed by atoms with Crippen LogP contribution in [-0.2, 0) is 10.0 Å². The number of halogens is 3. The van der Waals surface area contributed by atoms with E-state index in [-0.39, 0.29) is 15.5 Å². The van der Waals surface area contributed by atoms with E-state index in [4.69, 9.17) is 11.6 Å². The van der Waals surface area contributed by atoms with Gasteiger partial charge in [-0.2, -0.15) is 0 Å². The van der Waals surface area contributed by atoms with Gasteiger partial charge >= 0.3 is 0 Å². The van der Waals surface area contributed by atoms with Gasteiger partial charge in [-0.3, -0.25) is 0 Å². The summed E-state index contributed by atoms with van der Waals surface area (Å²) in [6.07, 6.45) is 0. The van der Waals surface area contributed by atoms with Crippen LogP contribution in [0.15, 0.2) is 41.3 Å². The highest BCUT2D eigenvalue weighted by atomic mass is 35.5. The number of hydrogen-bond acceptors (Lipinski definition) is 2. The first-order valence-corrected chi connectivity index (χ1v) is 7.73. The first-order chi connectivity index (χ1) is 9.75. The third kappa shape index (κ3) is 2.92. The van der Waals surface area contributed by atoms with Crippen molar-refractivity contribution in [1.29, 1.82) is 0 Å². The fourth-order valence-corrected chi connectivity index (χ4v) is 3.21. The first-order valence-electron chi connectivity index (χ1n) is 5.91. The SMILES string of the molecule is CN(C)S(=O)(=O)c1ccc(-c2cccc(F)c2F)cc1Cl. The largest absolute Gasteiger partial charge is 0.244 e. The molecule has 21 heavy (non-hydrogen) atoms. The van der Waals surface area contributed by atoms with Crippen molar-refractivity contribution in [2.24, 2.45) is 0 Å². The zero-order valence-corrected chi connectivity index (χ0v) is 12.8. The van der Waals surface area contributed by atoms with Gasteiger partial charge in [0, 0.05) is 19.7 Å². The monoisotopic (exact) mass is 331 g/mol. The highest BCUT2D eigenvalue weighted by Gasteiger charge is 2.21. The topological polar surface area (TPSA) is 37.4 Å². The van der Waals surface area contributed by atoms with Gasteiger partial charge in [0.15, 0.2) is 11.6 Å². The van der Waals surface area contributed by atoms with E-state index >= 15 is 0 Å². The average molecular weight is 332 g/mol. The van der Waals surface area contributed by atoms with Crippen molar-refractivity contribution in [2.45, 2.75) is 4.90 Å². The molecule has 0 saturated carbocycles. The lowest BCUT2D eigenvalue weighted by molar-refractivity contribution is 0.511. The van der Waals surface area contributed by atoms with Crippen LogP contribution in [0.25, 0.3) is 11.1 Å². The van der Waals surface area contributed by atoms with Gasteiger partial charge in [0.05, 0.1) is 5.02 Å². The van der Waals surface area contributed by atoms with Gasteiger partial charge in [-0.25, -0.2) is 21.5 Å². The molecule has 0 saturated heterocycles. The zero-order valence-electron chi connectivity index (χ0n) is 11.3.